The van der Waals surface area contributed by atoms with E-state index in [1.54, 1.807) is 12.1 Å². The van der Waals surface area contributed by atoms with E-state index < -0.39 is 0 Å². The summed E-state index contributed by atoms with van der Waals surface area (Å²) < 4.78 is 0. The summed E-state index contributed by atoms with van der Waals surface area (Å²) in [5.74, 6) is 0.355. The average Bonchev–Trinajstić information content (AvgIpc) is 2.18. The molecule has 0 unspecified atom stereocenters. The summed E-state index contributed by atoms with van der Waals surface area (Å²) in [4.78, 5) is 0. The molecule has 1 aromatic rings. The summed E-state index contributed by atoms with van der Waals surface area (Å²) in [6, 6.07) is 5.20. The van der Waals surface area contributed by atoms with Crippen molar-refractivity contribution in [1.29, 1.82) is 0 Å². The summed E-state index contributed by atoms with van der Waals surface area (Å²) >= 11 is 9.23. The molecule has 0 atom stereocenters. The zero-order valence-corrected chi connectivity index (χ0v) is 10.3. The van der Waals surface area contributed by atoms with E-state index in [9.17, 15) is 5.11 Å². The normalized spacial score (nSPS) is 10.4. The van der Waals surface area contributed by atoms with Crippen LogP contribution in [0.15, 0.2) is 18.2 Å². The summed E-state index contributed by atoms with van der Waals surface area (Å²) in [6.45, 7) is 0. The molecule has 0 amide bonds. The van der Waals surface area contributed by atoms with Crippen LogP contribution in [-0.4, -0.2) is 10.4 Å². The zero-order chi connectivity index (χ0) is 10.4. The number of aryl methyl sites for hydroxylation is 1. The summed E-state index contributed by atoms with van der Waals surface area (Å²) in [5, 5.41) is 11.3. The number of hydrogen-bond donors (Lipinski definition) is 1. The standard InChI is InChI=1S/C11H14BrClO/c12-7-3-1-2-4-9-8-10(13)5-6-11(9)14/h5-6,8,14H,1-4,7H2. The van der Waals surface area contributed by atoms with E-state index in [1.165, 1.54) is 12.8 Å². The van der Waals surface area contributed by atoms with Crippen molar-refractivity contribution in [3.05, 3.63) is 28.8 Å². The first kappa shape index (κ1) is 11.9. The molecule has 0 fully saturated rings. The first-order chi connectivity index (χ1) is 6.74. The lowest BCUT2D eigenvalue weighted by Gasteiger charge is -2.04. The Labute approximate surface area is 98.2 Å². The smallest absolute Gasteiger partial charge is 0.118 e. The van der Waals surface area contributed by atoms with Gasteiger partial charge in [-0.15, -0.1) is 0 Å². The van der Waals surface area contributed by atoms with Gasteiger partial charge in [0.05, 0.1) is 0 Å². The fourth-order valence-electron chi connectivity index (χ4n) is 1.34. The SMILES string of the molecule is Oc1ccc(Cl)cc1CCCCCBr. The van der Waals surface area contributed by atoms with Crippen molar-refractivity contribution in [3.8, 4) is 5.75 Å². The fourth-order valence-corrected chi connectivity index (χ4v) is 1.93. The Morgan fingerprint density at radius 3 is 2.71 bits per heavy atom. The van der Waals surface area contributed by atoms with Gasteiger partial charge in [-0.1, -0.05) is 34.0 Å². The van der Waals surface area contributed by atoms with Crippen LogP contribution in [-0.2, 0) is 6.42 Å². The van der Waals surface area contributed by atoms with Gasteiger partial charge in [-0.3, -0.25) is 0 Å². The van der Waals surface area contributed by atoms with Crippen LogP contribution < -0.4 is 0 Å². The Balaban J connectivity index is 2.45. The van der Waals surface area contributed by atoms with Gasteiger partial charge in [-0.05, 0) is 43.0 Å². The number of phenols is 1. The van der Waals surface area contributed by atoms with Gasteiger partial charge in [0.25, 0.3) is 0 Å². The van der Waals surface area contributed by atoms with Crippen LogP contribution in [0.3, 0.4) is 0 Å². The molecular formula is C11H14BrClO. The van der Waals surface area contributed by atoms with E-state index >= 15 is 0 Å². The van der Waals surface area contributed by atoms with Gasteiger partial charge in [0, 0.05) is 10.4 Å². The van der Waals surface area contributed by atoms with Crippen LogP contribution in [0.4, 0.5) is 0 Å². The molecule has 0 aliphatic rings. The molecule has 0 aromatic heterocycles. The Hall–Kier alpha value is -0.210. The lowest BCUT2D eigenvalue weighted by Crippen LogP contribution is -1.87. The minimum absolute atomic E-state index is 0.355. The number of hydrogen-bond acceptors (Lipinski definition) is 1. The second-order valence-corrected chi connectivity index (χ2v) is 4.50. The molecule has 1 nitrogen and oxygen atoms in total. The summed E-state index contributed by atoms with van der Waals surface area (Å²) in [7, 11) is 0. The van der Waals surface area contributed by atoms with Crippen LogP contribution in [0.2, 0.25) is 5.02 Å². The Kier molecular flexibility index (Phi) is 5.34. The lowest BCUT2D eigenvalue weighted by molar-refractivity contribution is 0.466. The molecule has 0 saturated heterocycles. The molecule has 1 N–H and O–H groups in total. The van der Waals surface area contributed by atoms with Crippen molar-refractivity contribution in [2.24, 2.45) is 0 Å². The second-order valence-electron chi connectivity index (χ2n) is 3.27. The highest BCUT2D eigenvalue weighted by Gasteiger charge is 2.01. The molecule has 3 heteroatoms. The molecule has 0 spiro atoms. The number of benzene rings is 1. The molecular weight excluding hydrogens is 263 g/mol. The number of alkyl halides is 1. The van der Waals surface area contributed by atoms with E-state index in [2.05, 4.69) is 15.9 Å². The molecule has 0 heterocycles. The van der Waals surface area contributed by atoms with E-state index in [0.29, 0.717) is 10.8 Å². The molecule has 0 aliphatic carbocycles. The Bertz CT molecular complexity index is 289. The third-order valence-electron chi connectivity index (χ3n) is 2.12. The third-order valence-corrected chi connectivity index (χ3v) is 2.92. The predicted molar refractivity (Wildman–Crippen MR) is 64.5 cm³/mol. The number of unbranched alkanes of at least 4 members (excludes halogenated alkanes) is 2. The maximum atomic E-state index is 9.52. The fraction of sp³-hybridized carbons (Fsp3) is 0.455. The van der Waals surface area contributed by atoms with E-state index in [1.807, 2.05) is 6.07 Å². The van der Waals surface area contributed by atoms with Gasteiger partial charge in [-0.2, -0.15) is 0 Å². The minimum Gasteiger partial charge on any atom is -0.508 e. The van der Waals surface area contributed by atoms with Crippen LogP contribution in [0.5, 0.6) is 5.75 Å². The number of aromatic hydroxyl groups is 1. The summed E-state index contributed by atoms with van der Waals surface area (Å²) in [6.07, 6.45) is 4.36. The van der Waals surface area contributed by atoms with Crippen molar-refractivity contribution in [2.45, 2.75) is 25.7 Å². The molecule has 1 aromatic carbocycles. The predicted octanol–water partition coefficient (Wildman–Crippen LogP) is 4.15. The van der Waals surface area contributed by atoms with E-state index in [-0.39, 0.29) is 0 Å². The molecule has 0 saturated carbocycles. The third kappa shape index (κ3) is 3.89. The maximum Gasteiger partial charge on any atom is 0.118 e. The molecule has 78 valence electrons. The number of phenolic OH excluding ortho intramolecular Hbond substituents is 1. The van der Waals surface area contributed by atoms with Crippen molar-refractivity contribution < 1.29 is 5.11 Å². The van der Waals surface area contributed by atoms with Crippen LogP contribution in [0, 0.1) is 0 Å². The molecule has 0 aliphatic heterocycles. The number of halogens is 2. The quantitative estimate of drug-likeness (QED) is 0.633. The second kappa shape index (κ2) is 6.31. The van der Waals surface area contributed by atoms with E-state index in [4.69, 9.17) is 11.6 Å². The van der Waals surface area contributed by atoms with Crippen molar-refractivity contribution in [2.75, 3.05) is 5.33 Å². The number of rotatable bonds is 5. The van der Waals surface area contributed by atoms with Gasteiger partial charge in [0.2, 0.25) is 0 Å². The monoisotopic (exact) mass is 276 g/mol. The van der Waals surface area contributed by atoms with Crippen molar-refractivity contribution >= 4 is 27.5 Å². The topological polar surface area (TPSA) is 20.2 Å². The Morgan fingerprint density at radius 1 is 1.21 bits per heavy atom. The highest BCUT2D eigenvalue weighted by molar-refractivity contribution is 9.09. The van der Waals surface area contributed by atoms with Gasteiger partial charge < -0.3 is 5.11 Å². The van der Waals surface area contributed by atoms with Crippen LogP contribution in [0.25, 0.3) is 0 Å². The lowest BCUT2D eigenvalue weighted by atomic mass is 10.1. The van der Waals surface area contributed by atoms with Gasteiger partial charge in [0.1, 0.15) is 5.75 Å². The van der Waals surface area contributed by atoms with Gasteiger partial charge >= 0.3 is 0 Å². The first-order valence-electron chi connectivity index (χ1n) is 4.77. The van der Waals surface area contributed by atoms with Crippen LogP contribution >= 0.6 is 27.5 Å². The first-order valence-corrected chi connectivity index (χ1v) is 6.27. The largest absolute Gasteiger partial charge is 0.508 e. The van der Waals surface area contributed by atoms with Gasteiger partial charge in [-0.25, -0.2) is 0 Å². The average molecular weight is 278 g/mol. The van der Waals surface area contributed by atoms with Crippen LogP contribution in [0.1, 0.15) is 24.8 Å². The highest BCUT2D eigenvalue weighted by atomic mass is 79.9. The van der Waals surface area contributed by atoms with Crippen molar-refractivity contribution in [3.63, 3.8) is 0 Å². The zero-order valence-electron chi connectivity index (χ0n) is 7.97. The minimum atomic E-state index is 0.355. The highest BCUT2D eigenvalue weighted by Crippen LogP contribution is 2.23. The summed E-state index contributed by atoms with van der Waals surface area (Å²) in [5.41, 5.74) is 0.951. The molecule has 0 bridgehead atoms. The van der Waals surface area contributed by atoms with Gasteiger partial charge in [0.15, 0.2) is 0 Å². The van der Waals surface area contributed by atoms with Crippen molar-refractivity contribution in [1.82, 2.24) is 0 Å². The maximum absolute atomic E-state index is 9.52. The molecule has 1 rings (SSSR count). The Morgan fingerprint density at radius 2 is 2.00 bits per heavy atom. The molecule has 0 radical (unpaired) electrons. The molecule has 14 heavy (non-hydrogen) atoms. The van der Waals surface area contributed by atoms with E-state index in [0.717, 1.165) is 23.7 Å².